The Balaban J connectivity index is 1.73. The molecule has 0 spiro atoms. The molecule has 2 aromatic rings. The number of carbonyl (C=O) groups is 1. The molecule has 0 saturated heterocycles. The van der Waals surface area contributed by atoms with E-state index in [2.05, 4.69) is 0 Å². The summed E-state index contributed by atoms with van der Waals surface area (Å²) < 4.78 is 51.5. The molecule has 0 fully saturated rings. The van der Waals surface area contributed by atoms with Gasteiger partial charge in [-0.15, -0.1) is 0 Å². The molecule has 2 rings (SSSR count). The van der Waals surface area contributed by atoms with Gasteiger partial charge in [0.2, 0.25) is 0 Å². The molecule has 2 aromatic carbocycles. The Morgan fingerprint density at radius 1 is 1.00 bits per heavy atom. The van der Waals surface area contributed by atoms with Crippen molar-refractivity contribution in [3.05, 3.63) is 60.6 Å². The SMILES string of the molecule is [2H]C([2H])=C(C(=O)OCCCCOc1ccc(-c2ccc(OC)cc2)cc1)C([2H])([2H])[2H]. The van der Waals surface area contributed by atoms with Crippen LogP contribution in [-0.2, 0) is 9.53 Å². The largest absolute Gasteiger partial charge is 0.497 e. The fraction of sp³-hybridized carbons (Fsp3) is 0.286. The predicted octanol–water partition coefficient (Wildman–Crippen LogP) is 4.64. The second-order valence-corrected chi connectivity index (χ2v) is 5.32. The molecule has 0 aliphatic heterocycles. The first-order chi connectivity index (χ1) is 14.2. The minimum atomic E-state index is -2.84. The van der Waals surface area contributed by atoms with Crippen molar-refractivity contribution in [2.75, 3.05) is 20.3 Å². The third-order valence-corrected chi connectivity index (χ3v) is 3.52. The first-order valence-corrected chi connectivity index (χ1v) is 7.94. The molecule has 0 amide bonds. The zero-order valence-corrected chi connectivity index (χ0v) is 14.1. The monoisotopic (exact) mass is 345 g/mol. The van der Waals surface area contributed by atoms with E-state index >= 15 is 0 Å². The quantitative estimate of drug-likeness (QED) is 0.377. The number of methoxy groups -OCH3 is 1. The highest BCUT2D eigenvalue weighted by atomic mass is 16.5. The van der Waals surface area contributed by atoms with Gasteiger partial charge in [-0.1, -0.05) is 30.8 Å². The summed E-state index contributed by atoms with van der Waals surface area (Å²) in [5.74, 6) is 0.366. The van der Waals surface area contributed by atoms with Gasteiger partial charge in [-0.2, -0.15) is 0 Å². The van der Waals surface area contributed by atoms with Crippen LogP contribution in [0, 0.1) is 0 Å². The molecule has 25 heavy (non-hydrogen) atoms. The third-order valence-electron chi connectivity index (χ3n) is 3.52. The molecule has 4 nitrogen and oxygen atoms in total. The number of esters is 1. The standard InChI is InChI=1S/C21H24O4/c1-16(2)21(22)25-15-5-4-14-24-20-12-8-18(9-13-20)17-6-10-19(23-3)11-7-17/h6-13H,1,4-5,14-15H2,2-3H3/i1D2,2D3. The summed E-state index contributed by atoms with van der Waals surface area (Å²) in [6.45, 7) is -3.49. The second kappa shape index (κ2) is 9.52. The summed E-state index contributed by atoms with van der Waals surface area (Å²) in [6.07, 6.45) is 1.06. The molecule has 0 heterocycles. The fourth-order valence-electron chi connectivity index (χ4n) is 2.16. The van der Waals surface area contributed by atoms with Gasteiger partial charge in [0.1, 0.15) is 11.5 Å². The van der Waals surface area contributed by atoms with Gasteiger partial charge in [0.15, 0.2) is 0 Å². The van der Waals surface area contributed by atoms with Crippen molar-refractivity contribution in [1.29, 1.82) is 0 Å². The molecule has 0 radical (unpaired) electrons. The van der Waals surface area contributed by atoms with E-state index in [1.165, 1.54) is 0 Å². The van der Waals surface area contributed by atoms with Crippen LogP contribution in [0.2, 0.25) is 0 Å². The Morgan fingerprint density at radius 2 is 1.60 bits per heavy atom. The molecular weight excluding hydrogens is 316 g/mol. The van der Waals surface area contributed by atoms with Crippen LogP contribution < -0.4 is 9.47 Å². The van der Waals surface area contributed by atoms with Crippen LogP contribution in [0.25, 0.3) is 11.1 Å². The average molecular weight is 345 g/mol. The number of unbranched alkanes of at least 4 members (excludes halogenated alkanes) is 1. The number of benzene rings is 2. The van der Waals surface area contributed by atoms with Crippen LogP contribution in [0.5, 0.6) is 11.5 Å². The van der Waals surface area contributed by atoms with E-state index in [4.69, 9.17) is 21.1 Å². The maximum Gasteiger partial charge on any atom is 0.333 e. The van der Waals surface area contributed by atoms with Crippen LogP contribution in [0.3, 0.4) is 0 Å². The summed E-state index contributed by atoms with van der Waals surface area (Å²) in [5.41, 5.74) is 1.21. The normalized spacial score (nSPS) is 13.4. The lowest BCUT2D eigenvalue weighted by molar-refractivity contribution is -0.139. The van der Waals surface area contributed by atoms with E-state index in [1.807, 2.05) is 48.5 Å². The predicted molar refractivity (Wildman–Crippen MR) is 98.9 cm³/mol. The molecule has 0 unspecified atom stereocenters. The Kier molecular flexibility index (Phi) is 4.80. The van der Waals surface area contributed by atoms with E-state index in [9.17, 15) is 4.79 Å². The minimum absolute atomic E-state index is 0.00847. The van der Waals surface area contributed by atoms with Gasteiger partial charge in [-0.3, -0.25) is 0 Å². The Morgan fingerprint density at radius 3 is 2.16 bits per heavy atom. The van der Waals surface area contributed by atoms with Crippen molar-refractivity contribution in [1.82, 2.24) is 0 Å². The van der Waals surface area contributed by atoms with Crippen molar-refractivity contribution in [3.8, 4) is 22.6 Å². The number of hydrogen-bond donors (Lipinski definition) is 0. The van der Waals surface area contributed by atoms with Gasteiger partial charge in [0.05, 0.1) is 23.1 Å². The van der Waals surface area contributed by atoms with Gasteiger partial charge < -0.3 is 14.2 Å². The van der Waals surface area contributed by atoms with Crippen molar-refractivity contribution in [3.63, 3.8) is 0 Å². The van der Waals surface area contributed by atoms with Crippen LogP contribution >= 0.6 is 0 Å². The molecule has 0 atom stereocenters. The van der Waals surface area contributed by atoms with E-state index in [-0.39, 0.29) is 6.61 Å². The van der Waals surface area contributed by atoms with Gasteiger partial charge in [0, 0.05) is 9.69 Å². The van der Waals surface area contributed by atoms with Gasteiger partial charge >= 0.3 is 5.97 Å². The highest BCUT2D eigenvalue weighted by molar-refractivity contribution is 5.86. The highest BCUT2D eigenvalue weighted by Crippen LogP contribution is 2.24. The second-order valence-electron chi connectivity index (χ2n) is 5.32. The van der Waals surface area contributed by atoms with E-state index in [1.54, 1.807) is 7.11 Å². The Labute approximate surface area is 156 Å². The maximum absolute atomic E-state index is 11.8. The van der Waals surface area contributed by atoms with Crippen LogP contribution in [0.15, 0.2) is 60.6 Å². The summed E-state index contributed by atoms with van der Waals surface area (Å²) in [5, 5.41) is 0. The van der Waals surface area contributed by atoms with Crippen LogP contribution in [0.4, 0.5) is 0 Å². The van der Waals surface area contributed by atoms with Crippen molar-refractivity contribution in [2.24, 2.45) is 0 Å². The summed E-state index contributed by atoms with van der Waals surface area (Å²) >= 11 is 0. The average Bonchev–Trinajstić information content (AvgIpc) is 2.70. The number of carbonyl (C=O) groups excluding carboxylic acids is 1. The van der Waals surface area contributed by atoms with Gasteiger partial charge in [-0.05, 0) is 55.1 Å². The molecule has 0 aliphatic carbocycles. The van der Waals surface area contributed by atoms with Crippen molar-refractivity contribution in [2.45, 2.75) is 19.7 Å². The molecule has 0 aromatic heterocycles. The third kappa shape index (κ3) is 5.99. The molecular formula is C21H24O4. The molecule has 0 N–H and O–H groups in total. The maximum atomic E-state index is 11.8. The first-order valence-electron chi connectivity index (χ1n) is 10.4. The Hall–Kier alpha value is -2.75. The van der Waals surface area contributed by atoms with Crippen molar-refractivity contribution >= 4 is 5.97 Å². The summed E-state index contributed by atoms with van der Waals surface area (Å²) in [4.78, 5) is 11.8. The topological polar surface area (TPSA) is 44.8 Å². The molecule has 4 heteroatoms. The fourth-order valence-corrected chi connectivity index (χ4v) is 2.16. The lowest BCUT2D eigenvalue weighted by atomic mass is 10.1. The summed E-state index contributed by atoms with van der Waals surface area (Å²) in [6, 6.07) is 15.4. The molecule has 0 bridgehead atoms. The van der Waals surface area contributed by atoms with E-state index in [0.29, 0.717) is 25.2 Å². The lowest BCUT2D eigenvalue weighted by Gasteiger charge is -2.08. The minimum Gasteiger partial charge on any atom is -0.497 e. The zero-order valence-electron chi connectivity index (χ0n) is 19.1. The number of hydrogen-bond acceptors (Lipinski definition) is 4. The van der Waals surface area contributed by atoms with E-state index in [0.717, 1.165) is 16.9 Å². The van der Waals surface area contributed by atoms with Crippen LogP contribution in [-0.4, -0.2) is 26.3 Å². The number of ether oxygens (including phenoxy) is 3. The van der Waals surface area contributed by atoms with Gasteiger partial charge in [0.25, 0.3) is 0 Å². The first kappa shape index (κ1) is 12.6. The van der Waals surface area contributed by atoms with E-state index < -0.39 is 24.9 Å². The lowest BCUT2D eigenvalue weighted by Crippen LogP contribution is -2.07. The number of rotatable bonds is 9. The smallest absolute Gasteiger partial charge is 0.333 e. The van der Waals surface area contributed by atoms with Gasteiger partial charge in [-0.25, -0.2) is 4.79 Å². The molecule has 0 saturated carbocycles. The molecule has 132 valence electrons. The Bertz CT molecular complexity index is 854. The molecule has 0 aliphatic rings. The zero-order chi connectivity index (χ0) is 22.1. The van der Waals surface area contributed by atoms with Crippen molar-refractivity contribution < 1.29 is 25.9 Å². The summed E-state index contributed by atoms with van der Waals surface area (Å²) in [7, 11) is 1.63. The van der Waals surface area contributed by atoms with Crippen LogP contribution in [0.1, 0.15) is 26.5 Å². The highest BCUT2D eigenvalue weighted by Gasteiger charge is 2.02.